The van der Waals surface area contributed by atoms with E-state index in [1.807, 2.05) is 42.2 Å². The van der Waals surface area contributed by atoms with Gasteiger partial charge in [0, 0.05) is 44.0 Å². The van der Waals surface area contributed by atoms with Crippen molar-refractivity contribution in [1.82, 2.24) is 9.80 Å². The molecule has 0 bridgehead atoms. The number of benzene rings is 2. The summed E-state index contributed by atoms with van der Waals surface area (Å²) < 4.78 is 13.8. The Morgan fingerprint density at radius 2 is 1.76 bits per heavy atom. The van der Waals surface area contributed by atoms with Crippen molar-refractivity contribution in [3.63, 3.8) is 0 Å². The fourth-order valence-corrected chi connectivity index (χ4v) is 3.00. The first-order chi connectivity index (χ1) is 12.0. The molecule has 0 unspecified atom stereocenters. The zero-order valence-electron chi connectivity index (χ0n) is 14.8. The number of amides is 2. The highest BCUT2D eigenvalue weighted by atomic mass is 19.1. The van der Waals surface area contributed by atoms with Gasteiger partial charge >= 0.3 is 6.03 Å². The monoisotopic (exact) mass is 341 g/mol. The van der Waals surface area contributed by atoms with Gasteiger partial charge < -0.3 is 10.2 Å². The lowest BCUT2D eigenvalue weighted by Gasteiger charge is -2.34. The van der Waals surface area contributed by atoms with Crippen molar-refractivity contribution >= 4 is 11.7 Å². The lowest BCUT2D eigenvalue weighted by Crippen LogP contribution is -2.49. The molecule has 4 nitrogen and oxygen atoms in total. The second-order valence-electron chi connectivity index (χ2n) is 6.58. The summed E-state index contributed by atoms with van der Waals surface area (Å²) in [5.41, 5.74) is 3.89. The van der Waals surface area contributed by atoms with Crippen molar-refractivity contribution in [2.45, 2.75) is 20.4 Å². The van der Waals surface area contributed by atoms with E-state index >= 15 is 0 Å². The molecule has 1 heterocycles. The molecule has 1 N–H and O–H groups in total. The van der Waals surface area contributed by atoms with Crippen LogP contribution in [0.4, 0.5) is 14.9 Å². The van der Waals surface area contributed by atoms with Crippen molar-refractivity contribution in [2.75, 3.05) is 31.5 Å². The van der Waals surface area contributed by atoms with Gasteiger partial charge in [0.25, 0.3) is 0 Å². The Kier molecular flexibility index (Phi) is 5.34. The molecule has 1 fully saturated rings. The number of nitrogens with zero attached hydrogens (tertiary/aromatic N) is 2. The van der Waals surface area contributed by atoms with Crippen LogP contribution in [-0.2, 0) is 6.54 Å². The third kappa shape index (κ3) is 4.37. The van der Waals surface area contributed by atoms with Gasteiger partial charge in [-0.2, -0.15) is 0 Å². The maximum absolute atomic E-state index is 13.8. The first-order valence-corrected chi connectivity index (χ1v) is 8.62. The minimum absolute atomic E-state index is 0.0752. The smallest absolute Gasteiger partial charge is 0.321 e. The average molecular weight is 341 g/mol. The fourth-order valence-electron chi connectivity index (χ4n) is 3.00. The van der Waals surface area contributed by atoms with E-state index in [1.165, 1.54) is 11.6 Å². The van der Waals surface area contributed by atoms with E-state index in [1.54, 1.807) is 6.07 Å². The average Bonchev–Trinajstić information content (AvgIpc) is 2.61. The first kappa shape index (κ1) is 17.4. The van der Waals surface area contributed by atoms with Crippen molar-refractivity contribution in [2.24, 2.45) is 0 Å². The third-order valence-electron chi connectivity index (χ3n) is 4.77. The minimum Gasteiger partial charge on any atom is -0.322 e. The SMILES string of the molecule is Cc1ccc(NC(=O)N2CCN(Cc3ccccc3F)CC2)cc1C. The summed E-state index contributed by atoms with van der Waals surface area (Å²) in [6.07, 6.45) is 0. The Labute approximate surface area is 148 Å². The van der Waals surface area contributed by atoms with E-state index in [0.29, 0.717) is 25.2 Å². The van der Waals surface area contributed by atoms with E-state index < -0.39 is 0 Å². The maximum atomic E-state index is 13.8. The maximum Gasteiger partial charge on any atom is 0.321 e. The van der Waals surface area contributed by atoms with Gasteiger partial charge in [0.15, 0.2) is 0 Å². The standard InChI is InChI=1S/C20H24FN3O/c1-15-7-8-18(13-16(15)2)22-20(25)24-11-9-23(10-12-24)14-17-5-3-4-6-19(17)21/h3-8,13H,9-12,14H2,1-2H3,(H,22,25). The molecular weight excluding hydrogens is 317 g/mol. The van der Waals surface area contributed by atoms with Crippen LogP contribution in [0.5, 0.6) is 0 Å². The molecule has 132 valence electrons. The highest BCUT2D eigenvalue weighted by Gasteiger charge is 2.21. The quantitative estimate of drug-likeness (QED) is 0.922. The van der Waals surface area contributed by atoms with Gasteiger partial charge in [-0.15, -0.1) is 0 Å². The number of halogens is 1. The molecular formula is C20H24FN3O. The zero-order chi connectivity index (χ0) is 17.8. The number of carbonyl (C=O) groups excluding carboxylic acids is 1. The Bertz CT molecular complexity index is 754. The molecule has 25 heavy (non-hydrogen) atoms. The summed E-state index contributed by atoms with van der Waals surface area (Å²) in [4.78, 5) is 16.4. The summed E-state index contributed by atoms with van der Waals surface area (Å²) in [5, 5.41) is 2.96. The van der Waals surface area contributed by atoms with E-state index in [0.717, 1.165) is 24.3 Å². The predicted molar refractivity (Wildman–Crippen MR) is 98.2 cm³/mol. The molecule has 0 saturated carbocycles. The number of nitrogens with one attached hydrogen (secondary N) is 1. The molecule has 2 amide bonds. The van der Waals surface area contributed by atoms with Crippen LogP contribution in [0.15, 0.2) is 42.5 Å². The molecule has 2 aromatic carbocycles. The molecule has 5 heteroatoms. The fraction of sp³-hybridized carbons (Fsp3) is 0.350. The van der Waals surface area contributed by atoms with Crippen molar-refractivity contribution in [1.29, 1.82) is 0 Å². The van der Waals surface area contributed by atoms with Crippen LogP contribution in [0, 0.1) is 19.7 Å². The lowest BCUT2D eigenvalue weighted by atomic mass is 10.1. The first-order valence-electron chi connectivity index (χ1n) is 8.62. The van der Waals surface area contributed by atoms with Crippen LogP contribution < -0.4 is 5.32 Å². The summed E-state index contributed by atoms with van der Waals surface area (Å²) in [6.45, 7) is 7.45. The van der Waals surface area contributed by atoms with Crippen molar-refractivity contribution in [3.8, 4) is 0 Å². The van der Waals surface area contributed by atoms with Gasteiger partial charge in [0.05, 0.1) is 0 Å². The third-order valence-corrected chi connectivity index (χ3v) is 4.77. The van der Waals surface area contributed by atoms with Gasteiger partial charge in [-0.25, -0.2) is 9.18 Å². The number of urea groups is 1. The van der Waals surface area contributed by atoms with Crippen LogP contribution in [0.3, 0.4) is 0 Å². The zero-order valence-corrected chi connectivity index (χ0v) is 14.8. The van der Waals surface area contributed by atoms with Crippen molar-refractivity contribution < 1.29 is 9.18 Å². The molecule has 0 aromatic heterocycles. The number of anilines is 1. The summed E-state index contributed by atoms with van der Waals surface area (Å²) in [5.74, 6) is -0.169. The normalized spacial score (nSPS) is 15.2. The Morgan fingerprint density at radius 1 is 1.04 bits per heavy atom. The van der Waals surface area contributed by atoms with Crippen LogP contribution >= 0.6 is 0 Å². The number of rotatable bonds is 3. The van der Waals surface area contributed by atoms with Crippen LogP contribution in [0.2, 0.25) is 0 Å². The Balaban J connectivity index is 1.52. The van der Waals surface area contributed by atoms with Gasteiger partial charge in [-0.3, -0.25) is 4.90 Å². The van der Waals surface area contributed by atoms with Gasteiger partial charge in [-0.1, -0.05) is 24.3 Å². The summed E-state index contributed by atoms with van der Waals surface area (Å²) >= 11 is 0. The number of piperazine rings is 1. The molecule has 2 aromatic rings. The second-order valence-corrected chi connectivity index (χ2v) is 6.58. The number of hydrogen-bond acceptors (Lipinski definition) is 2. The van der Waals surface area contributed by atoms with Crippen LogP contribution in [0.1, 0.15) is 16.7 Å². The predicted octanol–water partition coefficient (Wildman–Crippen LogP) is 3.79. The lowest BCUT2D eigenvalue weighted by molar-refractivity contribution is 0.142. The summed E-state index contributed by atoms with van der Waals surface area (Å²) in [6, 6.07) is 12.7. The van der Waals surface area contributed by atoms with Gasteiger partial charge in [0.1, 0.15) is 5.82 Å². The number of hydrogen-bond donors (Lipinski definition) is 1. The van der Waals surface area contributed by atoms with E-state index in [-0.39, 0.29) is 11.8 Å². The molecule has 1 saturated heterocycles. The van der Waals surface area contributed by atoms with Crippen molar-refractivity contribution in [3.05, 3.63) is 65.0 Å². The molecule has 0 radical (unpaired) electrons. The molecule has 0 aliphatic carbocycles. The Hall–Kier alpha value is -2.40. The highest BCUT2D eigenvalue weighted by Crippen LogP contribution is 2.16. The van der Waals surface area contributed by atoms with Gasteiger partial charge in [0.2, 0.25) is 0 Å². The van der Waals surface area contributed by atoms with Crippen LogP contribution in [-0.4, -0.2) is 42.0 Å². The van der Waals surface area contributed by atoms with Gasteiger partial charge in [-0.05, 0) is 43.2 Å². The second kappa shape index (κ2) is 7.66. The topological polar surface area (TPSA) is 35.6 Å². The molecule has 0 atom stereocenters. The van der Waals surface area contributed by atoms with E-state index in [4.69, 9.17) is 0 Å². The van der Waals surface area contributed by atoms with Crippen LogP contribution in [0.25, 0.3) is 0 Å². The van der Waals surface area contributed by atoms with E-state index in [2.05, 4.69) is 17.1 Å². The Morgan fingerprint density at radius 3 is 2.44 bits per heavy atom. The largest absolute Gasteiger partial charge is 0.322 e. The highest BCUT2D eigenvalue weighted by molar-refractivity contribution is 5.89. The molecule has 0 spiro atoms. The molecule has 1 aliphatic heterocycles. The number of aryl methyl sites for hydroxylation is 2. The minimum atomic E-state index is -0.169. The summed E-state index contributed by atoms with van der Waals surface area (Å²) in [7, 11) is 0. The van der Waals surface area contributed by atoms with E-state index in [9.17, 15) is 9.18 Å². The number of carbonyl (C=O) groups is 1. The molecule has 1 aliphatic rings. The molecule has 3 rings (SSSR count).